The summed E-state index contributed by atoms with van der Waals surface area (Å²) in [7, 11) is 0. The number of hydrogen-bond donors (Lipinski definition) is 0. The third-order valence-corrected chi connectivity index (χ3v) is 4.10. The van der Waals surface area contributed by atoms with Gasteiger partial charge in [-0.1, -0.05) is 30.3 Å². The summed E-state index contributed by atoms with van der Waals surface area (Å²) in [4.78, 5) is 18.9. The monoisotopic (exact) mass is 324 g/mol. The van der Waals surface area contributed by atoms with E-state index in [1.165, 1.54) is 0 Å². The molecule has 3 aromatic rings. The standard InChI is InChI=1S/C16H16N6O2/c1-10-14-17-13(12-6-4-3-5-7-12)20-22(14)9-8-21(10)16(23)15-19-18-11(2)24-15/h3-7,10H,8-9H2,1-2H3/t10-/m0/s1. The topological polar surface area (TPSA) is 89.9 Å². The summed E-state index contributed by atoms with van der Waals surface area (Å²) in [5, 5.41) is 12.1. The molecule has 0 N–H and O–H groups in total. The Hall–Kier alpha value is -3.03. The summed E-state index contributed by atoms with van der Waals surface area (Å²) in [6.07, 6.45) is 0. The average Bonchev–Trinajstić information content (AvgIpc) is 3.22. The minimum absolute atomic E-state index is 0.00981. The second-order valence-electron chi connectivity index (χ2n) is 5.68. The highest BCUT2D eigenvalue weighted by Crippen LogP contribution is 2.27. The molecular weight excluding hydrogens is 308 g/mol. The van der Waals surface area contributed by atoms with E-state index < -0.39 is 0 Å². The zero-order chi connectivity index (χ0) is 16.7. The highest BCUT2D eigenvalue weighted by atomic mass is 16.4. The maximum Gasteiger partial charge on any atom is 0.312 e. The summed E-state index contributed by atoms with van der Waals surface area (Å²) in [5.74, 6) is 1.52. The molecule has 0 bridgehead atoms. The molecule has 0 fully saturated rings. The fourth-order valence-corrected chi connectivity index (χ4v) is 2.86. The van der Waals surface area contributed by atoms with Gasteiger partial charge in [-0.05, 0) is 6.92 Å². The van der Waals surface area contributed by atoms with Gasteiger partial charge in [0.25, 0.3) is 0 Å². The summed E-state index contributed by atoms with van der Waals surface area (Å²) < 4.78 is 7.11. The molecule has 0 saturated carbocycles. The van der Waals surface area contributed by atoms with E-state index in [0.717, 1.165) is 11.4 Å². The molecule has 0 radical (unpaired) electrons. The second kappa shape index (κ2) is 5.55. The van der Waals surface area contributed by atoms with Gasteiger partial charge < -0.3 is 9.32 Å². The van der Waals surface area contributed by atoms with Crippen molar-refractivity contribution in [3.8, 4) is 11.4 Å². The number of rotatable bonds is 2. The number of carbonyl (C=O) groups is 1. The zero-order valence-corrected chi connectivity index (χ0v) is 13.4. The van der Waals surface area contributed by atoms with Crippen LogP contribution in [0.3, 0.4) is 0 Å². The second-order valence-corrected chi connectivity index (χ2v) is 5.68. The van der Waals surface area contributed by atoms with E-state index in [0.29, 0.717) is 24.8 Å². The average molecular weight is 324 g/mol. The molecule has 8 heteroatoms. The molecular formula is C16H16N6O2. The van der Waals surface area contributed by atoms with E-state index in [2.05, 4.69) is 20.3 Å². The highest BCUT2D eigenvalue weighted by molar-refractivity contribution is 5.89. The molecule has 122 valence electrons. The van der Waals surface area contributed by atoms with Gasteiger partial charge in [-0.15, -0.1) is 10.2 Å². The van der Waals surface area contributed by atoms with Crippen LogP contribution in [0.15, 0.2) is 34.7 Å². The van der Waals surface area contributed by atoms with E-state index in [-0.39, 0.29) is 17.8 Å². The summed E-state index contributed by atoms with van der Waals surface area (Å²) in [6, 6.07) is 9.57. The van der Waals surface area contributed by atoms with Gasteiger partial charge in [0.2, 0.25) is 5.89 Å². The number of amides is 1. The lowest BCUT2D eigenvalue weighted by molar-refractivity contribution is 0.0588. The smallest absolute Gasteiger partial charge is 0.312 e. The number of fused-ring (bicyclic) bond motifs is 1. The Kier molecular flexibility index (Phi) is 3.37. The first-order chi connectivity index (χ1) is 11.6. The number of benzene rings is 1. The molecule has 1 amide bonds. The fraction of sp³-hybridized carbons (Fsp3) is 0.312. The van der Waals surface area contributed by atoms with Crippen LogP contribution in [0.2, 0.25) is 0 Å². The van der Waals surface area contributed by atoms with Crippen molar-refractivity contribution in [2.24, 2.45) is 0 Å². The van der Waals surface area contributed by atoms with Crippen LogP contribution >= 0.6 is 0 Å². The van der Waals surface area contributed by atoms with Gasteiger partial charge in [0, 0.05) is 19.0 Å². The number of aromatic nitrogens is 5. The molecule has 1 aliphatic heterocycles. The van der Waals surface area contributed by atoms with E-state index in [4.69, 9.17) is 4.42 Å². The Morgan fingerprint density at radius 1 is 1.21 bits per heavy atom. The Balaban J connectivity index is 1.64. The van der Waals surface area contributed by atoms with Crippen molar-refractivity contribution in [2.45, 2.75) is 26.4 Å². The Labute approximate surface area is 138 Å². The minimum atomic E-state index is -0.279. The summed E-state index contributed by atoms with van der Waals surface area (Å²) in [5.41, 5.74) is 0.956. The van der Waals surface area contributed by atoms with E-state index in [1.807, 2.05) is 41.9 Å². The molecule has 3 heterocycles. The third-order valence-electron chi connectivity index (χ3n) is 4.10. The van der Waals surface area contributed by atoms with Crippen molar-refractivity contribution in [2.75, 3.05) is 6.54 Å². The molecule has 0 aliphatic carbocycles. The SMILES string of the molecule is Cc1nnc(C(=O)N2CCn3nc(-c4ccccc4)nc3[C@@H]2C)o1. The van der Waals surface area contributed by atoms with Gasteiger partial charge in [0.05, 0.1) is 12.6 Å². The van der Waals surface area contributed by atoms with Gasteiger partial charge in [0.1, 0.15) is 5.82 Å². The maximum absolute atomic E-state index is 12.6. The van der Waals surface area contributed by atoms with Crippen molar-refractivity contribution >= 4 is 5.91 Å². The first-order valence-corrected chi connectivity index (χ1v) is 7.74. The minimum Gasteiger partial charge on any atom is -0.417 e. The van der Waals surface area contributed by atoms with Gasteiger partial charge in [-0.3, -0.25) is 4.79 Å². The van der Waals surface area contributed by atoms with Gasteiger partial charge in [-0.25, -0.2) is 9.67 Å². The Morgan fingerprint density at radius 3 is 2.71 bits per heavy atom. The molecule has 4 rings (SSSR count). The number of nitrogens with zero attached hydrogens (tertiary/aromatic N) is 6. The van der Waals surface area contributed by atoms with E-state index in [1.54, 1.807) is 11.8 Å². The maximum atomic E-state index is 12.6. The Bertz CT molecular complexity index is 885. The quantitative estimate of drug-likeness (QED) is 0.714. The van der Waals surface area contributed by atoms with Crippen LogP contribution in [0.4, 0.5) is 0 Å². The van der Waals surface area contributed by atoms with E-state index in [9.17, 15) is 4.79 Å². The number of aryl methyl sites for hydroxylation is 1. The van der Waals surface area contributed by atoms with Crippen LogP contribution in [-0.4, -0.2) is 42.3 Å². The van der Waals surface area contributed by atoms with Gasteiger partial charge in [-0.2, -0.15) is 5.10 Å². The predicted octanol–water partition coefficient (Wildman–Crippen LogP) is 1.85. The lowest BCUT2D eigenvalue weighted by Crippen LogP contribution is -2.41. The van der Waals surface area contributed by atoms with Crippen molar-refractivity contribution in [1.82, 2.24) is 29.9 Å². The molecule has 0 spiro atoms. The van der Waals surface area contributed by atoms with Crippen LogP contribution < -0.4 is 0 Å². The fourth-order valence-electron chi connectivity index (χ4n) is 2.86. The lowest BCUT2D eigenvalue weighted by atomic mass is 10.2. The molecule has 0 saturated heterocycles. The molecule has 1 aliphatic rings. The highest BCUT2D eigenvalue weighted by Gasteiger charge is 2.33. The molecule has 8 nitrogen and oxygen atoms in total. The molecule has 2 aromatic heterocycles. The van der Waals surface area contributed by atoms with Crippen LogP contribution in [0, 0.1) is 6.92 Å². The molecule has 24 heavy (non-hydrogen) atoms. The van der Waals surface area contributed by atoms with Crippen LogP contribution in [0.1, 0.15) is 35.4 Å². The first-order valence-electron chi connectivity index (χ1n) is 7.74. The summed E-state index contributed by atoms with van der Waals surface area (Å²) >= 11 is 0. The van der Waals surface area contributed by atoms with E-state index >= 15 is 0 Å². The van der Waals surface area contributed by atoms with Crippen LogP contribution in [-0.2, 0) is 6.54 Å². The van der Waals surface area contributed by atoms with Crippen LogP contribution in [0.5, 0.6) is 0 Å². The zero-order valence-electron chi connectivity index (χ0n) is 13.4. The van der Waals surface area contributed by atoms with Crippen molar-refractivity contribution in [1.29, 1.82) is 0 Å². The Morgan fingerprint density at radius 2 is 2.00 bits per heavy atom. The largest absolute Gasteiger partial charge is 0.417 e. The first kappa shape index (κ1) is 14.6. The third kappa shape index (κ3) is 2.36. The van der Waals surface area contributed by atoms with Crippen molar-refractivity contribution in [3.05, 3.63) is 47.9 Å². The van der Waals surface area contributed by atoms with Crippen molar-refractivity contribution < 1.29 is 9.21 Å². The molecule has 0 unspecified atom stereocenters. The van der Waals surface area contributed by atoms with Crippen LogP contribution in [0.25, 0.3) is 11.4 Å². The number of carbonyl (C=O) groups excluding carboxylic acids is 1. The molecule has 1 aromatic carbocycles. The van der Waals surface area contributed by atoms with Gasteiger partial charge in [0.15, 0.2) is 5.82 Å². The predicted molar refractivity (Wildman–Crippen MR) is 83.9 cm³/mol. The number of hydrogen-bond acceptors (Lipinski definition) is 6. The normalized spacial score (nSPS) is 16.9. The summed E-state index contributed by atoms with van der Waals surface area (Å²) in [6.45, 7) is 4.69. The lowest BCUT2D eigenvalue weighted by Gasteiger charge is -2.31. The van der Waals surface area contributed by atoms with Gasteiger partial charge >= 0.3 is 11.8 Å². The van der Waals surface area contributed by atoms with Crippen molar-refractivity contribution in [3.63, 3.8) is 0 Å². The molecule has 1 atom stereocenters.